The van der Waals surface area contributed by atoms with Gasteiger partial charge in [-0.05, 0) is 36.4 Å². The maximum Gasteiger partial charge on any atom is 0.212 e. The fourth-order valence-corrected chi connectivity index (χ4v) is 2.94. The molecular weight excluding hydrogens is 316 g/mol. The Bertz CT molecular complexity index is 1080. The molecule has 0 atom stereocenters. The highest BCUT2D eigenvalue weighted by Crippen LogP contribution is 2.28. The summed E-state index contributed by atoms with van der Waals surface area (Å²) in [5, 5.41) is 0.971. The van der Waals surface area contributed by atoms with E-state index < -0.39 is 0 Å². The predicted octanol–water partition coefficient (Wildman–Crippen LogP) is 3.74. The molecule has 0 radical (unpaired) electrons. The summed E-state index contributed by atoms with van der Waals surface area (Å²) in [4.78, 5) is 17.3. The summed E-state index contributed by atoms with van der Waals surface area (Å²) in [6.45, 7) is 0. The van der Waals surface area contributed by atoms with E-state index in [9.17, 15) is 4.79 Å². The molecule has 4 aromatic rings. The molecule has 0 N–H and O–H groups in total. The van der Waals surface area contributed by atoms with Crippen molar-refractivity contribution in [2.75, 3.05) is 14.2 Å². The molecule has 25 heavy (non-hydrogen) atoms. The number of nitrogens with zero attached hydrogens (tertiary/aromatic N) is 2. The SMILES string of the molecule is COc1ccc(C(=O)c2cn3c(cc(OC)c4ccccc43)n2)cc1. The number of hydrogen-bond donors (Lipinski definition) is 0. The van der Waals surface area contributed by atoms with Crippen molar-refractivity contribution in [3.05, 3.63) is 72.1 Å². The van der Waals surface area contributed by atoms with Gasteiger partial charge in [0, 0.05) is 23.2 Å². The highest BCUT2D eigenvalue weighted by Gasteiger charge is 2.16. The molecule has 0 fully saturated rings. The molecule has 2 aromatic carbocycles. The van der Waals surface area contributed by atoms with Gasteiger partial charge in [0.2, 0.25) is 5.78 Å². The first-order chi connectivity index (χ1) is 12.2. The summed E-state index contributed by atoms with van der Waals surface area (Å²) in [5.41, 5.74) is 2.58. The average Bonchev–Trinajstić information content (AvgIpc) is 3.11. The van der Waals surface area contributed by atoms with E-state index >= 15 is 0 Å². The first-order valence-corrected chi connectivity index (χ1v) is 7.85. The molecule has 5 heteroatoms. The van der Waals surface area contributed by atoms with Gasteiger partial charge in [0.1, 0.15) is 22.8 Å². The van der Waals surface area contributed by atoms with Gasteiger partial charge in [-0.3, -0.25) is 9.20 Å². The summed E-state index contributed by atoms with van der Waals surface area (Å²) in [5.74, 6) is 1.31. The Hall–Kier alpha value is -3.34. The molecule has 0 amide bonds. The molecule has 0 saturated heterocycles. The van der Waals surface area contributed by atoms with Crippen LogP contribution in [-0.4, -0.2) is 29.4 Å². The van der Waals surface area contributed by atoms with Crippen molar-refractivity contribution in [1.29, 1.82) is 0 Å². The van der Waals surface area contributed by atoms with Crippen molar-refractivity contribution in [2.24, 2.45) is 0 Å². The van der Waals surface area contributed by atoms with Crippen LogP contribution in [0.2, 0.25) is 0 Å². The van der Waals surface area contributed by atoms with Gasteiger partial charge in [-0.15, -0.1) is 0 Å². The van der Waals surface area contributed by atoms with Gasteiger partial charge < -0.3 is 9.47 Å². The van der Waals surface area contributed by atoms with Crippen LogP contribution in [0.15, 0.2) is 60.8 Å². The minimum Gasteiger partial charge on any atom is -0.497 e. The Morgan fingerprint density at radius 1 is 1.00 bits per heavy atom. The largest absolute Gasteiger partial charge is 0.497 e. The molecule has 2 heterocycles. The van der Waals surface area contributed by atoms with Gasteiger partial charge in [0.15, 0.2) is 0 Å². The number of fused-ring (bicyclic) bond motifs is 3. The van der Waals surface area contributed by atoms with Gasteiger partial charge >= 0.3 is 0 Å². The molecular formula is C20H16N2O3. The van der Waals surface area contributed by atoms with Gasteiger partial charge in [-0.1, -0.05) is 12.1 Å². The topological polar surface area (TPSA) is 52.8 Å². The van der Waals surface area contributed by atoms with E-state index in [1.165, 1.54) is 0 Å². The van der Waals surface area contributed by atoms with Crippen LogP contribution in [-0.2, 0) is 0 Å². The summed E-state index contributed by atoms with van der Waals surface area (Å²) in [6.07, 6.45) is 1.77. The Kier molecular flexibility index (Phi) is 3.61. The van der Waals surface area contributed by atoms with E-state index in [1.807, 2.05) is 34.7 Å². The predicted molar refractivity (Wildman–Crippen MR) is 95.7 cm³/mol. The van der Waals surface area contributed by atoms with Crippen LogP contribution in [0.4, 0.5) is 0 Å². The maximum atomic E-state index is 12.8. The monoisotopic (exact) mass is 332 g/mol. The lowest BCUT2D eigenvalue weighted by Gasteiger charge is -2.07. The minimum atomic E-state index is -0.130. The Labute approximate surface area is 144 Å². The normalized spacial score (nSPS) is 11.0. The highest BCUT2D eigenvalue weighted by atomic mass is 16.5. The van der Waals surface area contributed by atoms with E-state index in [-0.39, 0.29) is 5.78 Å². The Morgan fingerprint density at radius 3 is 2.48 bits per heavy atom. The number of methoxy groups -OCH3 is 2. The van der Waals surface area contributed by atoms with Crippen molar-refractivity contribution in [1.82, 2.24) is 9.38 Å². The van der Waals surface area contributed by atoms with Crippen LogP contribution < -0.4 is 9.47 Å². The number of pyridine rings is 1. The Balaban J connectivity index is 1.85. The van der Waals surface area contributed by atoms with Crippen LogP contribution in [0.25, 0.3) is 16.6 Å². The third-order valence-corrected chi connectivity index (χ3v) is 4.23. The maximum absolute atomic E-state index is 12.8. The van der Waals surface area contributed by atoms with Crippen molar-refractivity contribution in [2.45, 2.75) is 0 Å². The van der Waals surface area contributed by atoms with Crippen molar-refractivity contribution >= 4 is 22.3 Å². The summed E-state index contributed by atoms with van der Waals surface area (Å²) in [6, 6.07) is 16.7. The van der Waals surface area contributed by atoms with Gasteiger partial charge in [-0.2, -0.15) is 0 Å². The first-order valence-electron chi connectivity index (χ1n) is 7.85. The molecule has 0 aliphatic carbocycles. The highest BCUT2D eigenvalue weighted by molar-refractivity contribution is 6.08. The van der Waals surface area contributed by atoms with Crippen LogP contribution in [0, 0.1) is 0 Å². The lowest BCUT2D eigenvalue weighted by atomic mass is 10.1. The van der Waals surface area contributed by atoms with E-state index in [0.717, 1.165) is 16.7 Å². The molecule has 0 spiro atoms. The fourth-order valence-electron chi connectivity index (χ4n) is 2.94. The fraction of sp³-hybridized carbons (Fsp3) is 0.100. The molecule has 4 rings (SSSR count). The third kappa shape index (κ3) is 2.50. The second-order valence-corrected chi connectivity index (χ2v) is 5.64. The Morgan fingerprint density at radius 2 is 1.76 bits per heavy atom. The number of rotatable bonds is 4. The van der Waals surface area contributed by atoms with Crippen LogP contribution in [0.1, 0.15) is 16.1 Å². The number of carbonyl (C=O) groups is 1. The van der Waals surface area contributed by atoms with Crippen molar-refractivity contribution in [3.63, 3.8) is 0 Å². The second-order valence-electron chi connectivity index (χ2n) is 5.64. The summed E-state index contributed by atoms with van der Waals surface area (Å²) >= 11 is 0. The molecule has 0 saturated carbocycles. The quantitative estimate of drug-likeness (QED) is 0.534. The average molecular weight is 332 g/mol. The number of ether oxygens (including phenoxy) is 2. The van der Waals surface area contributed by atoms with Gasteiger partial charge in [0.05, 0.1) is 19.7 Å². The van der Waals surface area contributed by atoms with E-state index in [1.54, 1.807) is 44.7 Å². The molecule has 0 bridgehead atoms. The molecule has 0 aliphatic rings. The number of aromatic nitrogens is 2. The minimum absolute atomic E-state index is 0.130. The number of para-hydroxylation sites is 1. The smallest absolute Gasteiger partial charge is 0.212 e. The zero-order valence-electron chi connectivity index (χ0n) is 13.9. The van der Waals surface area contributed by atoms with Crippen LogP contribution >= 0.6 is 0 Å². The summed E-state index contributed by atoms with van der Waals surface area (Å²) < 4.78 is 12.5. The molecule has 124 valence electrons. The van der Waals surface area contributed by atoms with Crippen molar-refractivity contribution in [3.8, 4) is 11.5 Å². The number of hydrogen-bond acceptors (Lipinski definition) is 4. The lowest BCUT2D eigenvalue weighted by Crippen LogP contribution is -2.01. The zero-order chi connectivity index (χ0) is 17.4. The van der Waals surface area contributed by atoms with Crippen LogP contribution in [0.5, 0.6) is 11.5 Å². The molecule has 2 aromatic heterocycles. The van der Waals surface area contributed by atoms with E-state index in [4.69, 9.17) is 9.47 Å². The lowest BCUT2D eigenvalue weighted by molar-refractivity contribution is 0.103. The van der Waals surface area contributed by atoms with Gasteiger partial charge in [-0.25, -0.2) is 4.98 Å². The van der Waals surface area contributed by atoms with E-state index in [2.05, 4.69) is 4.98 Å². The molecule has 5 nitrogen and oxygen atoms in total. The molecule has 0 unspecified atom stereocenters. The standard InChI is InChI=1S/C20H16N2O3/c1-24-14-9-7-13(8-10-14)20(23)16-12-22-17-6-4-3-5-15(17)18(25-2)11-19(22)21-16/h3-12H,1-2H3. The molecule has 0 aliphatic heterocycles. The number of carbonyl (C=O) groups excluding carboxylic acids is 1. The first kappa shape index (κ1) is 15.2. The summed E-state index contributed by atoms with van der Waals surface area (Å²) in [7, 11) is 3.22. The van der Waals surface area contributed by atoms with Crippen molar-refractivity contribution < 1.29 is 14.3 Å². The van der Waals surface area contributed by atoms with Crippen LogP contribution in [0.3, 0.4) is 0 Å². The number of benzene rings is 2. The number of ketones is 1. The van der Waals surface area contributed by atoms with Gasteiger partial charge in [0.25, 0.3) is 0 Å². The second kappa shape index (κ2) is 5.94. The number of imidazole rings is 1. The zero-order valence-corrected chi connectivity index (χ0v) is 13.9. The van der Waals surface area contributed by atoms with E-state index in [0.29, 0.717) is 22.7 Å². The third-order valence-electron chi connectivity index (χ3n) is 4.23.